The van der Waals surface area contributed by atoms with E-state index in [2.05, 4.69) is 75.0 Å². The molecule has 5 aliphatic carbocycles. The van der Waals surface area contributed by atoms with Crippen LogP contribution in [0.4, 0.5) is 0 Å². The van der Waals surface area contributed by atoms with Crippen molar-refractivity contribution in [2.24, 2.45) is 75.4 Å². The molecule has 0 bridgehead atoms. The van der Waals surface area contributed by atoms with E-state index in [1.54, 1.807) is 0 Å². The van der Waals surface area contributed by atoms with E-state index in [0.29, 0.717) is 23.2 Å². The fourth-order valence-corrected chi connectivity index (χ4v) is 13.1. The van der Waals surface area contributed by atoms with Gasteiger partial charge in [0.2, 0.25) is 0 Å². The number of fused-ring (bicyclic) bond motifs is 7. The Bertz CT molecular complexity index is 865. The van der Waals surface area contributed by atoms with Crippen molar-refractivity contribution in [2.75, 3.05) is 0 Å². The van der Waals surface area contributed by atoms with Gasteiger partial charge in [0.25, 0.3) is 0 Å². The lowest BCUT2D eigenvalue weighted by Crippen LogP contribution is -2.63. The van der Waals surface area contributed by atoms with Gasteiger partial charge in [-0.2, -0.15) is 0 Å². The Balaban J connectivity index is 1.49. The van der Waals surface area contributed by atoms with E-state index in [1.807, 2.05) is 0 Å². The first-order valence-electron chi connectivity index (χ1n) is 15.7. The summed E-state index contributed by atoms with van der Waals surface area (Å²) < 4.78 is 7.08. The zero-order valence-corrected chi connectivity index (χ0v) is 26.6. The van der Waals surface area contributed by atoms with E-state index in [0.717, 1.165) is 66.1 Å². The van der Waals surface area contributed by atoms with Gasteiger partial charge in [-0.3, -0.25) is 4.79 Å². The van der Waals surface area contributed by atoms with Crippen LogP contribution in [0.25, 0.3) is 0 Å². The van der Waals surface area contributed by atoms with Crippen LogP contribution in [0.1, 0.15) is 100 Å². The number of carbonyl (C=O) groups excluding carboxylic acids is 1. The number of Topliss-reactive ketones (excluding diaryl/α,β-unsaturated/α-hetero) is 1. The van der Waals surface area contributed by atoms with Gasteiger partial charge in [-0.1, -0.05) is 55.4 Å². The zero-order valence-electron chi connectivity index (χ0n) is 25.6. The molecule has 11 atom stereocenters. The zero-order chi connectivity index (χ0) is 26.6. The van der Waals surface area contributed by atoms with Crippen LogP contribution in [0.15, 0.2) is 0 Å². The molecule has 36 heavy (non-hydrogen) atoms. The standard InChI is InChI=1S/C33H58O2Si/c1-19-16-24-21(12-13-23-27(24)20(2)17-32(5,6)30(23)35-36(9,10)11)29-28(19)22-14-15-26(34)33(7,8)25(22)18-31(29,3)4/h19-25,27-30H,12-18H2,1-11H3/t19-,20+,21?,22?,23?,24?,25?,27?,28?,29?,30?/m0/s1. The van der Waals surface area contributed by atoms with Crippen molar-refractivity contribution < 1.29 is 9.22 Å². The third-order valence-corrected chi connectivity index (χ3v) is 13.7. The summed E-state index contributed by atoms with van der Waals surface area (Å²) in [5, 5.41) is 0. The minimum absolute atomic E-state index is 0.135. The van der Waals surface area contributed by atoms with Crippen molar-refractivity contribution >= 4 is 14.1 Å². The number of carbonyl (C=O) groups is 1. The van der Waals surface area contributed by atoms with Crippen LogP contribution in [-0.2, 0) is 9.22 Å². The second-order valence-corrected chi connectivity index (χ2v) is 21.9. The highest BCUT2D eigenvalue weighted by atomic mass is 28.4. The Morgan fingerprint density at radius 2 is 1.39 bits per heavy atom. The van der Waals surface area contributed by atoms with Gasteiger partial charge >= 0.3 is 0 Å². The molecule has 0 aromatic rings. The molecule has 9 unspecified atom stereocenters. The summed E-state index contributed by atoms with van der Waals surface area (Å²) in [6.45, 7) is 27.2. The summed E-state index contributed by atoms with van der Waals surface area (Å²) in [5.74, 6) is 8.41. The molecule has 0 spiro atoms. The van der Waals surface area contributed by atoms with Gasteiger partial charge in [0.15, 0.2) is 8.32 Å². The van der Waals surface area contributed by atoms with Crippen molar-refractivity contribution in [3.63, 3.8) is 0 Å². The highest BCUT2D eigenvalue weighted by Gasteiger charge is 2.64. The molecule has 2 nitrogen and oxygen atoms in total. The van der Waals surface area contributed by atoms with Crippen molar-refractivity contribution in [1.82, 2.24) is 0 Å². The molecule has 0 heterocycles. The van der Waals surface area contributed by atoms with Gasteiger partial charge in [-0.15, -0.1) is 0 Å². The maximum atomic E-state index is 13.0. The lowest BCUT2D eigenvalue weighted by atomic mass is 9.38. The van der Waals surface area contributed by atoms with E-state index < -0.39 is 8.32 Å². The molecule has 0 aromatic heterocycles. The Kier molecular flexibility index (Phi) is 6.60. The van der Waals surface area contributed by atoms with Gasteiger partial charge in [0.05, 0.1) is 6.10 Å². The summed E-state index contributed by atoms with van der Waals surface area (Å²) >= 11 is 0. The topological polar surface area (TPSA) is 26.3 Å². The molecule has 0 aliphatic heterocycles. The second kappa shape index (κ2) is 8.67. The van der Waals surface area contributed by atoms with Crippen LogP contribution in [0.3, 0.4) is 0 Å². The van der Waals surface area contributed by atoms with Gasteiger partial charge in [-0.05, 0) is 128 Å². The molecule has 5 aliphatic rings. The number of rotatable bonds is 2. The summed E-state index contributed by atoms with van der Waals surface area (Å²) in [6, 6.07) is 0. The molecule has 3 heteroatoms. The van der Waals surface area contributed by atoms with Crippen LogP contribution in [0.2, 0.25) is 19.6 Å². The molecular formula is C33H58O2Si. The van der Waals surface area contributed by atoms with Gasteiger partial charge in [-0.25, -0.2) is 0 Å². The average Bonchev–Trinajstić information content (AvgIpc) is 2.72. The lowest BCUT2D eigenvalue weighted by molar-refractivity contribution is -0.196. The third kappa shape index (κ3) is 4.24. The van der Waals surface area contributed by atoms with Crippen LogP contribution in [0.5, 0.6) is 0 Å². The van der Waals surface area contributed by atoms with Crippen molar-refractivity contribution in [1.29, 1.82) is 0 Å². The molecule has 5 fully saturated rings. The Hall–Kier alpha value is -0.153. The first-order valence-corrected chi connectivity index (χ1v) is 19.1. The fourth-order valence-electron chi connectivity index (χ4n) is 11.8. The molecule has 5 rings (SSSR count). The normalized spacial score (nSPS) is 49.3. The first kappa shape index (κ1) is 27.4. The predicted octanol–water partition coefficient (Wildman–Crippen LogP) is 8.85. The predicted molar refractivity (Wildman–Crippen MR) is 153 cm³/mol. The van der Waals surface area contributed by atoms with Crippen LogP contribution < -0.4 is 0 Å². The SMILES string of the molecule is C[C@@H]1CC(C)(C)C(O[Si](C)(C)C)C2CCC3C(C[C@H](C)C4C5CCC(=O)C(C)(C)C5CC(C)(C)C34)C21. The fraction of sp³-hybridized carbons (Fsp3) is 0.970. The number of ketones is 1. The molecular weight excluding hydrogens is 456 g/mol. The van der Waals surface area contributed by atoms with E-state index in [1.165, 1.54) is 32.1 Å². The van der Waals surface area contributed by atoms with E-state index in [4.69, 9.17) is 4.43 Å². The average molecular weight is 515 g/mol. The van der Waals surface area contributed by atoms with Crippen molar-refractivity contribution in [2.45, 2.75) is 126 Å². The third-order valence-electron chi connectivity index (χ3n) is 12.7. The van der Waals surface area contributed by atoms with E-state index in [-0.39, 0.29) is 10.8 Å². The smallest absolute Gasteiger partial charge is 0.184 e. The van der Waals surface area contributed by atoms with E-state index >= 15 is 0 Å². The molecule has 0 N–H and O–H groups in total. The summed E-state index contributed by atoms with van der Waals surface area (Å²) in [6.07, 6.45) is 9.21. The number of hydrogen-bond donors (Lipinski definition) is 0. The van der Waals surface area contributed by atoms with Crippen LogP contribution in [-0.4, -0.2) is 20.2 Å². The van der Waals surface area contributed by atoms with Crippen LogP contribution in [0, 0.1) is 75.4 Å². The summed E-state index contributed by atoms with van der Waals surface area (Å²) in [5.41, 5.74) is 0.481. The Morgan fingerprint density at radius 1 is 0.750 bits per heavy atom. The number of hydrogen-bond acceptors (Lipinski definition) is 2. The molecule has 206 valence electrons. The van der Waals surface area contributed by atoms with Crippen LogP contribution >= 0.6 is 0 Å². The van der Waals surface area contributed by atoms with Gasteiger partial charge < -0.3 is 4.43 Å². The summed E-state index contributed by atoms with van der Waals surface area (Å²) in [4.78, 5) is 13.0. The largest absolute Gasteiger partial charge is 0.414 e. The highest BCUT2D eigenvalue weighted by Crippen LogP contribution is 2.69. The molecule has 0 aromatic carbocycles. The quantitative estimate of drug-likeness (QED) is 0.344. The highest BCUT2D eigenvalue weighted by molar-refractivity contribution is 6.69. The van der Waals surface area contributed by atoms with E-state index in [9.17, 15) is 4.79 Å². The molecule has 0 radical (unpaired) electrons. The first-order chi connectivity index (χ1) is 16.5. The molecule has 5 saturated carbocycles. The molecule has 0 saturated heterocycles. The Morgan fingerprint density at radius 3 is 2.03 bits per heavy atom. The minimum atomic E-state index is -1.61. The monoisotopic (exact) mass is 514 g/mol. The second-order valence-electron chi connectivity index (χ2n) is 17.4. The van der Waals surface area contributed by atoms with Crippen molar-refractivity contribution in [3.05, 3.63) is 0 Å². The minimum Gasteiger partial charge on any atom is -0.414 e. The van der Waals surface area contributed by atoms with Gasteiger partial charge in [0.1, 0.15) is 5.78 Å². The Labute approximate surface area is 224 Å². The van der Waals surface area contributed by atoms with Gasteiger partial charge in [0, 0.05) is 11.8 Å². The maximum absolute atomic E-state index is 13.0. The maximum Gasteiger partial charge on any atom is 0.184 e. The lowest BCUT2D eigenvalue weighted by Gasteiger charge is -2.67. The molecule has 0 amide bonds. The summed E-state index contributed by atoms with van der Waals surface area (Å²) in [7, 11) is -1.61. The van der Waals surface area contributed by atoms with Crippen molar-refractivity contribution in [3.8, 4) is 0 Å².